The zero-order valence-electron chi connectivity index (χ0n) is 14.5. The van der Waals surface area contributed by atoms with Crippen LogP contribution in [0.1, 0.15) is 54.9 Å². The Morgan fingerprint density at radius 1 is 1.25 bits per heavy atom. The third-order valence-corrected chi connectivity index (χ3v) is 5.16. The molecule has 3 rings (SSSR count). The Morgan fingerprint density at radius 3 is 2.62 bits per heavy atom. The predicted molar refractivity (Wildman–Crippen MR) is 95.4 cm³/mol. The van der Waals surface area contributed by atoms with Crippen molar-refractivity contribution in [2.45, 2.75) is 51.5 Å². The highest BCUT2D eigenvalue weighted by atomic mass is 16.2. The summed E-state index contributed by atoms with van der Waals surface area (Å²) in [6.45, 7) is 4.58. The van der Waals surface area contributed by atoms with E-state index in [1.165, 1.54) is 0 Å². The van der Waals surface area contributed by atoms with Crippen LogP contribution in [0.5, 0.6) is 0 Å². The van der Waals surface area contributed by atoms with E-state index in [0.29, 0.717) is 12.2 Å². The van der Waals surface area contributed by atoms with E-state index in [1.807, 2.05) is 35.0 Å². The minimum atomic E-state index is -0.346. The molecule has 24 heavy (non-hydrogen) atoms. The van der Waals surface area contributed by atoms with Gasteiger partial charge in [-0.2, -0.15) is 5.10 Å². The van der Waals surface area contributed by atoms with Gasteiger partial charge in [-0.05, 0) is 44.2 Å². The maximum atomic E-state index is 12.7. The Hall–Kier alpha value is -2.14. The van der Waals surface area contributed by atoms with Crippen molar-refractivity contribution in [2.75, 3.05) is 6.54 Å². The van der Waals surface area contributed by atoms with Crippen molar-refractivity contribution in [3.8, 4) is 5.69 Å². The first-order valence-electron chi connectivity index (χ1n) is 8.81. The van der Waals surface area contributed by atoms with Gasteiger partial charge in [0.2, 0.25) is 0 Å². The molecule has 128 valence electrons. The first-order valence-corrected chi connectivity index (χ1v) is 8.81. The Kier molecular flexibility index (Phi) is 4.71. The highest BCUT2D eigenvalue weighted by Crippen LogP contribution is 2.27. The lowest BCUT2D eigenvalue weighted by Crippen LogP contribution is -2.49. The van der Waals surface area contributed by atoms with Gasteiger partial charge in [0.15, 0.2) is 5.69 Å². The van der Waals surface area contributed by atoms with Crippen molar-refractivity contribution in [3.63, 3.8) is 0 Å². The van der Waals surface area contributed by atoms with Crippen LogP contribution >= 0.6 is 0 Å². The molecule has 1 aliphatic rings. The van der Waals surface area contributed by atoms with Crippen molar-refractivity contribution in [1.82, 2.24) is 15.1 Å². The second-order valence-corrected chi connectivity index (χ2v) is 6.63. The summed E-state index contributed by atoms with van der Waals surface area (Å²) in [5.41, 5.74) is 9.76. The molecule has 5 heteroatoms. The molecule has 0 radical (unpaired) electrons. The fourth-order valence-electron chi connectivity index (χ4n) is 3.24. The zero-order chi connectivity index (χ0) is 17.2. The first-order chi connectivity index (χ1) is 11.6. The average molecular weight is 326 g/mol. The van der Waals surface area contributed by atoms with Crippen molar-refractivity contribution in [3.05, 3.63) is 47.3 Å². The highest BCUT2D eigenvalue weighted by Gasteiger charge is 2.28. The second-order valence-electron chi connectivity index (χ2n) is 6.63. The van der Waals surface area contributed by atoms with E-state index in [2.05, 4.69) is 24.3 Å². The van der Waals surface area contributed by atoms with Crippen molar-refractivity contribution < 1.29 is 4.79 Å². The summed E-state index contributed by atoms with van der Waals surface area (Å²) in [6, 6.07) is 10.0. The number of nitrogens with one attached hydrogen (secondary N) is 1. The molecule has 2 aromatic rings. The summed E-state index contributed by atoms with van der Waals surface area (Å²) < 4.78 is 1.92. The summed E-state index contributed by atoms with van der Waals surface area (Å²) >= 11 is 0. The number of amides is 1. The normalized spacial score (nSPS) is 13.8. The quantitative estimate of drug-likeness (QED) is 0.857. The number of benzene rings is 1. The number of aromatic nitrogens is 2. The molecule has 0 fully saturated rings. The number of hydrogen-bond acceptors (Lipinski definition) is 3. The van der Waals surface area contributed by atoms with Crippen molar-refractivity contribution in [2.24, 2.45) is 5.73 Å². The third kappa shape index (κ3) is 3.08. The molecule has 1 aromatic carbocycles. The monoisotopic (exact) mass is 326 g/mol. The number of fused-ring (bicyclic) bond motifs is 1. The van der Waals surface area contributed by atoms with Crippen LogP contribution in [0, 0.1) is 0 Å². The average Bonchev–Trinajstić information content (AvgIpc) is 3.22. The Morgan fingerprint density at radius 2 is 1.96 bits per heavy atom. The predicted octanol–water partition coefficient (Wildman–Crippen LogP) is 2.61. The second kappa shape index (κ2) is 6.77. The molecule has 1 heterocycles. The molecule has 1 aliphatic carbocycles. The lowest BCUT2D eigenvalue weighted by Gasteiger charge is -2.26. The summed E-state index contributed by atoms with van der Waals surface area (Å²) in [5, 5.41) is 7.61. The van der Waals surface area contributed by atoms with Gasteiger partial charge in [-0.15, -0.1) is 0 Å². The molecule has 1 aromatic heterocycles. The Labute approximate surface area is 143 Å². The molecule has 0 saturated carbocycles. The van der Waals surface area contributed by atoms with Gasteiger partial charge < -0.3 is 11.1 Å². The summed E-state index contributed by atoms with van der Waals surface area (Å²) in [6.07, 6.45) is 4.63. The van der Waals surface area contributed by atoms with Gasteiger partial charge in [-0.3, -0.25) is 4.79 Å². The molecular weight excluding hydrogens is 300 g/mol. The maximum Gasteiger partial charge on any atom is 0.272 e. The number of nitrogens with two attached hydrogens (primary N) is 1. The number of hydrogen-bond donors (Lipinski definition) is 2. The van der Waals surface area contributed by atoms with E-state index in [4.69, 9.17) is 5.73 Å². The summed E-state index contributed by atoms with van der Waals surface area (Å²) in [5.74, 6) is -0.112. The van der Waals surface area contributed by atoms with Crippen molar-refractivity contribution in [1.29, 1.82) is 0 Å². The fourth-order valence-corrected chi connectivity index (χ4v) is 3.24. The molecule has 3 N–H and O–H groups in total. The third-order valence-electron chi connectivity index (χ3n) is 5.16. The number of nitrogens with zero attached hydrogens (tertiary/aromatic N) is 2. The van der Waals surface area contributed by atoms with Gasteiger partial charge in [0.05, 0.1) is 5.69 Å². The first kappa shape index (κ1) is 16.7. The fraction of sp³-hybridized carbons (Fsp3) is 0.474. The summed E-state index contributed by atoms with van der Waals surface area (Å²) in [7, 11) is 0. The van der Waals surface area contributed by atoms with Gasteiger partial charge in [-0.25, -0.2) is 4.68 Å². The largest absolute Gasteiger partial charge is 0.349 e. The topological polar surface area (TPSA) is 72.9 Å². The van der Waals surface area contributed by atoms with Crippen LogP contribution in [0.15, 0.2) is 30.3 Å². The molecule has 0 aliphatic heterocycles. The molecule has 0 spiro atoms. The number of carbonyl (C=O) groups excluding carboxylic acids is 1. The molecule has 0 bridgehead atoms. The van der Waals surface area contributed by atoms with Gasteiger partial charge in [0, 0.05) is 23.3 Å². The van der Waals surface area contributed by atoms with Gasteiger partial charge in [0.1, 0.15) is 0 Å². The van der Waals surface area contributed by atoms with Crippen LogP contribution < -0.4 is 11.1 Å². The highest BCUT2D eigenvalue weighted by molar-refractivity contribution is 5.94. The Balaban J connectivity index is 1.86. The zero-order valence-corrected chi connectivity index (χ0v) is 14.5. The maximum absolute atomic E-state index is 12.7. The van der Waals surface area contributed by atoms with E-state index in [0.717, 1.165) is 49.0 Å². The molecule has 1 amide bonds. The molecule has 0 saturated heterocycles. The standard InChI is InChI=1S/C19H26N4O/c1-3-19(20,4-2)13-21-18(24)17-15-11-8-12-16(15)23(22-17)14-9-6-5-7-10-14/h5-7,9-10H,3-4,8,11-13,20H2,1-2H3,(H,21,24). The molecule has 0 unspecified atom stereocenters. The van der Waals surface area contributed by atoms with E-state index < -0.39 is 0 Å². The van der Waals surface area contributed by atoms with Crippen LogP contribution in [0.3, 0.4) is 0 Å². The van der Waals surface area contributed by atoms with Gasteiger partial charge in [0.25, 0.3) is 5.91 Å². The lowest BCUT2D eigenvalue weighted by molar-refractivity contribution is 0.0936. The van der Waals surface area contributed by atoms with Crippen LogP contribution in [0.25, 0.3) is 5.69 Å². The molecule has 0 atom stereocenters. The molecule has 5 nitrogen and oxygen atoms in total. The summed E-state index contributed by atoms with van der Waals surface area (Å²) in [4.78, 5) is 12.7. The van der Waals surface area contributed by atoms with Gasteiger partial charge in [-0.1, -0.05) is 32.0 Å². The number of carbonyl (C=O) groups is 1. The number of rotatable bonds is 6. The van der Waals surface area contributed by atoms with Crippen LogP contribution in [0.2, 0.25) is 0 Å². The minimum Gasteiger partial charge on any atom is -0.349 e. The van der Waals surface area contributed by atoms with E-state index in [9.17, 15) is 4.79 Å². The van der Waals surface area contributed by atoms with Crippen LogP contribution in [-0.2, 0) is 12.8 Å². The van der Waals surface area contributed by atoms with E-state index in [1.54, 1.807) is 0 Å². The van der Waals surface area contributed by atoms with E-state index >= 15 is 0 Å². The number of para-hydroxylation sites is 1. The lowest BCUT2D eigenvalue weighted by atomic mass is 9.94. The van der Waals surface area contributed by atoms with Crippen LogP contribution in [0.4, 0.5) is 0 Å². The van der Waals surface area contributed by atoms with Crippen LogP contribution in [-0.4, -0.2) is 27.8 Å². The molecular formula is C19H26N4O. The van der Waals surface area contributed by atoms with E-state index in [-0.39, 0.29) is 11.4 Å². The SMILES string of the molecule is CCC(N)(CC)CNC(=O)c1nn(-c2ccccc2)c2c1CCC2. The van der Waals surface area contributed by atoms with Gasteiger partial charge >= 0.3 is 0 Å². The van der Waals surface area contributed by atoms with Crippen molar-refractivity contribution >= 4 is 5.91 Å². The minimum absolute atomic E-state index is 0.112. The Bertz CT molecular complexity index is 716. The smallest absolute Gasteiger partial charge is 0.272 e.